The number of hydrogen-bond donors (Lipinski definition) is 2. The van der Waals surface area contributed by atoms with Gasteiger partial charge in [0.1, 0.15) is 0 Å². The molecule has 0 bridgehead atoms. The normalized spacial score (nSPS) is 13.9. The molecule has 3 atom stereocenters. The van der Waals surface area contributed by atoms with Gasteiger partial charge in [-0.15, -0.1) is 13.2 Å². The van der Waals surface area contributed by atoms with Gasteiger partial charge in [-0.1, -0.05) is 67.3 Å². The minimum atomic E-state index is -0.649. The highest BCUT2D eigenvalue weighted by molar-refractivity contribution is 5.50. The van der Waals surface area contributed by atoms with Gasteiger partial charge in [0.2, 0.25) is 0 Å². The van der Waals surface area contributed by atoms with Crippen LogP contribution in [0.4, 0.5) is 0 Å². The SMILES string of the molecule is C=CCC(O)c1ccccc1C#Cc1ccccc1C(O)C(C)C=C. The topological polar surface area (TPSA) is 40.5 Å². The van der Waals surface area contributed by atoms with Crippen LogP contribution < -0.4 is 0 Å². The van der Waals surface area contributed by atoms with Crippen LogP contribution in [0, 0.1) is 17.8 Å². The van der Waals surface area contributed by atoms with Crippen molar-refractivity contribution in [3.63, 3.8) is 0 Å². The third kappa shape index (κ3) is 4.70. The summed E-state index contributed by atoms with van der Waals surface area (Å²) in [7, 11) is 0. The van der Waals surface area contributed by atoms with E-state index >= 15 is 0 Å². The second-order valence-electron chi connectivity index (χ2n) is 6.00. The predicted octanol–water partition coefficient (Wildman–Crippen LogP) is 4.55. The van der Waals surface area contributed by atoms with Gasteiger partial charge < -0.3 is 10.2 Å². The molecule has 0 aliphatic rings. The van der Waals surface area contributed by atoms with Crippen LogP contribution >= 0.6 is 0 Å². The van der Waals surface area contributed by atoms with E-state index in [1.54, 1.807) is 12.2 Å². The van der Waals surface area contributed by atoms with Crippen molar-refractivity contribution in [2.24, 2.45) is 5.92 Å². The summed E-state index contributed by atoms with van der Waals surface area (Å²) in [5, 5.41) is 20.7. The summed E-state index contributed by atoms with van der Waals surface area (Å²) >= 11 is 0. The highest BCUT2D eigenvalue weighted by Gasteiger charge is 2.16. The third-order valence-corrected chi connectivity index (χ3v) is 4.19. The average molecular weight is 332 g/mol. The zero-order valence-corrected chi connectivity index (χ0v) is 14.5. The summed E-state index contributed by atoms with van der Waals surface area (Å²) in [6.45, 7) is 9.34. The first-order valence-electron chi connectivity index (χ1n) is 8.38. The molecule has 0 saturated carbocycles. The van der Waals surface area contributed by atoms with Crippen LogP contribution in [0.1, 0.15) is 47.8 Å². The zero-order valence-electron chi connectivity index (χ0n) is 14.5. The maximum atomic E-state index is 10.5. The summed E-state index contributed by atoms with van der Waals surface area (Å²) in [6, 6.07) is 15.1. The lowest BCUT2D eigenvalue weighted by Crippen LogP contribution is -2.08. The van der Waals surface area contributed by atoms with Crippen LogP contribution in [0.3, 0.4) is 0 Å². The Morgan fingerprint density at radius 1 is 0.920 bits per heavy atom. The van der Waals surface area contributed by atoms with Crippen LogP contribution in [-0.4, -0.2) is 10.2 Å². The number of benzene rings is 2. The molecule has 0 fully saturated rings. The number of rotatable bonds is 6. The minimum absolute atomic E-state index is 0.0651. The number of hydrogen-bond acceptors (Lipinski definition) is 2. The van der Waals surface area contributed by atoms with Crippen molar-refractivity contribution in [1.82, 2.24) is 0 Å². The van der Waals surface area contributed by atoms with Gasteiger partial charge in [-0.25, -0.2) is 0 Å². The summed E-state index contributed by atoms with van der Waals surface area (Å²) in [5.74, 6) is 6.22. The molecule has 2 nitrogen and oxygen atoms in total. The Balaban J connectivity index is 2.40. The lowest BCUT2D eigenvalue weighted by atomic mass is 9.93. The van der Waals surface area contributed by atoms with Gasteiger partial charge in [0, 0.05) is 17.0 Å². The van der Waals surface area contributed by atoms with Gasteiger partial charge in [0.05, 0.1) is 12.2 Å². The molecule has 2 N–H and O–H groups in total. The van der Waals surface area contributed by atoms with Crippen LogP contribution in [0.2, 0.25) is 0 Å². The van der Waals surface area contributed by atoms with E-state index in [-0.39, 0.29) is 5.92 Å². The van der Waals surface area contributed by atoms with Crippen molar-refractivity contribution >= 4 is 0 Å². The molecule has 0 heterocycles. The van der Waals surface area contributed by atoms with E-state index in [1.807, 2.05) is 55.5 Å². The monoisotopic (exact) mass is 332 g/mol. The first-order valence-corrected chi connectivity index (χ1v) is 8.38. The molecule has 0 spiro atoms. The average Bonchev–Trinajstić information content (AvgIpc) is 2.65. The Bertz CT molecular complexity index is 795. The second kappa shape index (κ2) is 9.03. The van der Waals surface area contributed by atoms with Crippen molar-refractivity contribution in [3.8, 4) is 11.8 Å². The van der Waals surface area contributed by atoms with Crippen molar-refractivity contribution in [2.75, 3.05) is 0 Å². The molecule has 0 aromatic heterocycles. The Kier molecular flexibility index (Phi) is 6.77. The summed E-state index contributed by atoms with van der Waals surface area (Å²) in [4.78, 5) is 0. The molecule has 128 valence electrons. The van der Waals surface area contributed by atoms with E-state index in [1.165, 1.54) is 0 Å². The minimum Gasteiger partial charge on any atom is -0.388 e. The van der Waals surface area contributed by atoms with Gasteiger partial charge in [-0.05, 0) is 29.7 Å². The molecule has 0 amide bonds. The van der Waals surface area contributed by atoms with Crippen LogP contribution in [-0.2, 0) is 0 Å². The Morgan fingerprint density at radius 3 is 2.00 bits per heavy atom. The molecule has 3 unspecified atom stereocenters. The first kappa shape index (κ1) is 18.7. The predicted molar refractivity (Wildman–Crippen MR) is 103 cm³/mol. The first-order chi connectivity index (χ1) is 12.1. The van der Waals surface area contributed by atoms with Gasteiger partial charge in [0.15, 0.2) is 0 Å². The van der Waals surface area contributed by atoms with Gasteiger partial charge in [-0.3, -0.25) is 0 Å². The lowest BCUT2D eigenvalue weighted by molar-refractivity contribution is 0.139. The Hall–Kier alpha value is -2.60. The van der Waals surface area contributed by atoms with Gasteiger partial charge in [0.25, 0.3) is 0 Å². The van der Waals surface area contributed by atoms with Crippen molar-refractivity contribution in [3.05, 3.63) is 96.1 Å². The van der Waals surface area contributed by atoms with E-state index in [0.29, 0.717) is 6.42 Å². The molecule has 2 aromatic carbocycles. The van der Waals surface area contributed by atoms with Crippen molar-refractivity contribution in [2.45, 2.75) is 25.6 Å². The zero-order chi connectivity index (χ0) is 18.2. The van der Waals surface area contributed by atoms with E-state index in [0.717, 1.165) is 22.3 Å². The highest BCUT2D eigenvalue weighted by atomic mass is 16.3. The number of aliphatic hydroxyl groups is 2. The molecule has 0 aliphatic heterocycles. The molecule has 25 heavy (non-hydrogen) atoms. The highest BCUT2D eigenvalue weighted by Crippen LogP contribution is 2.25. The van der Waals surface area contributed by atoms with Crippen LogP contribution in [0.15, 0.2) is 73.8 Å². The largest absolute Gasteiger partial charge is 0.388 e. The molecule has 2 heteroatoms. The van der Waals surface area contributed by atoms with Crippen LogP contribution in [0.5, 0.6) is 0 Å². The third-order valence-electron chi connectivity index (χ3n) is 4.19. The smallest absolute Gasteiger partial charge is 0.0861 e. The fourth-order valence-electron chi connectivity index (χ4n) is 2.60. The summed E-state index contributed by atoms with van der Waals surface area (Å²) < 4.78 is 0. The van der Waals surface area contributed by atoms with Gasteiger partial charge in [-0.2, -0.15) is 0 Å². The number of aliphatic hydroxyl groups excluding tert-OH is 2. The quantitative estimate of drug-likeness (QED) is 0.602. The molecule has 0 aliphatic carbocycles. The lowest BCUT2D eigenvalue weighted by Gasteiger charge is -2.17. The summed E-state index contributed by atoms with van der Waals surface area (Å²) in [5.41, 5.74) is 3.12. The van der Waals surface area contributed by atoms with E-state index in [4.69, 9.17) is 0 Å². The molecule has 2 rings (SSSR count). The molecular weight excluding hydrogens is 308 g/mol. The summed E-state index contributed by atoms with van der Waals surface area (Å²) in [6.07, 6.45) is 2.63. The molecule has 0 radical (unpaired) electrons. The van der Waals surface area contributed by atoms with Crippen LogP contribution in [0.25, 0.3) is 0 Å². The Labute approximate surface area is 150 Å². The molecule has 0 saturated heterocycles. The van der Waals surface area contributed by atoms with Crippen molar-refractivity contribution in [1.29, 1.82) is 0 Å². The van der Waals surface area contributed by atoms with E-state index < -0.39 is 12.2 Å². The Morgan fingerprint density at radius 2 is 1.44 bits per heavy atom. The van der Waals surface area contributed by atoms with Gasteiger partial charge >= 0.3 is 0 Å². The van der Waals surface area contributed by atoms with Crippen molar-refractivity contribution < 1.29 is 10.2 Å². The second-order valence-corrected chi connectivity index (χ2v) is 6.00. The maximum Gasteiger partial charge on any atom is 0.0861 e. The molecular formula is C23H24O2. The maximum absolute atomic E-state index is 10.5. The molecule has 2 aromatic rings. The fraction of sp³-hybridized carbons (Fsp3) is 0.217. The standard InChI is InChI=1S/C23H24O2/c1-4-10-22(24)20-13-8-6-11-18(20)15-16-19-12-7-9-14-21(19)23(25)17(3)5-2/h4-9,11-14,17,22-25H,1-2,10H2,3H3. The van der Waals surface area contributed by atoms with E-state index in [9.17, 15) is 10.2 Å². The fourth-order valence-corrected chi connectivity index (χ4v) is 2.60. The van der Waals surface area contributed by atoms with E-state index in [2.05, 4.69) is 25.0 Å².